The zero-order chi connectivity index (χ0) is 18.0. The minimum Gasteiger partial charge on any atom is -0.397 e. The van der Waals surface area contributed by atoms with Crippen molar-refractivity contribution in [3.63, 3.8) is 0 Å². The van der Waals surface area contributed by atoms with E-state index in [1.54, 1.807) is 0 Å². The summed E-state index contributed by atoms with van der Waals surface area (Å²) in [6.07, 6.45) is 3.69. The van der Waals surface area contributed by atoms with Gasteiger partial charge < -0.3 is 16.0 Å². The first kappa shape index (κ1) is 17.3. The molecule has 132 valence electrons. The minimum atomic E-state index is -0.119. The van der Waals surface area contributed by atoms with Gasteiger partial charge in [-0.2, -0.15) is 0 Å². The van der Waals surface area contributed by atoms with Crippen molar-refractivity contribution in [2.24, 2.45) is 0 Å². The molecule has 25 heavy (non-hydrogen) atoms. The van der Waals surface area contributed by atoms with Gasteiger partial charge in [-0.3, -0.25) is 4.79 Å². The Bertz CT molecular complexity index is 785. The summed E-state index contributed by atoms with van der Waals surface area (Å²) in [5, 5.41) is 3.00. The predicted octanol–water partition coefficient (Wildman–Crippen LogP) is 4.52. The van der Waals surface area contributed by atoms with Gasteiger partial charge in [0.1, 0.15) is 0 Å². The summed E-state index contributed by atoms with van der Waals surface area (Å²) in [6.45, 7) is 7.34. The monoisotopic (exact) mass is 337 g/mol. The molecule has 2 aromatic carbocycles. The van der Waals surface area contributed by atoms with E-state index in [4.69, 9.17) is 5.73 Å². The molecule has 1 fully saturated rings. The Hall–Kier alpha value is -2.49. The highest BCUT2D eigenvalue weighted by Crippen LogP contribution is 2.33. The summed E-state index contributed by atoms with van der Waals surface area (Å²) in [5.41, 5.74) is 11.4. The number of hydrogen-bond acceptors (Lipinski definition) is 3. The Balaban J connectivity index is 1.90. The van der Waals surface area contributed by atoms with Crippen molar-refractivity contribution in [3.05, 3.63) is 53.1 Å². The van der Waals surface area contributed by atoms with Crippen LogP contribution in [0.5, 0.6) is 0 Å². The second-order valence-corrected chi connectivity index (χ2v) is 7.03. The van der Waals surface area contributed by atoms with Crippen molar-refractivity contribution in [2.75, 3.05) is 22.5 Å². The highest BCUT2D eigenvalue weighted by Gasteiger charge is 2.21. The third-order valence-electron chi connectivity index (χ3n) is 5.12. The quantitative estimate of drug-likeness (QED) is 0.810. The second kappa shape index (κ2) is 7.18. The van der Waals surface area contributed by atoms with E-state index >= 15 is 0 Å². The molecule has 0 saturated carbocycles. The van der Waals surface area contributed by atoms with Gasteiger partial charge in [-0.25, -0.2) is 0 Å². The van der Waals surface area contributed by atoms with Crippen LogP contribution in [0.3, 0.4) is 0 Å². The van der Waals surface area contributed by atoms with Crippen LogP contribution in [0.15, 0.2) is 36.4 Å². The summed E-state index contributed by atoms with van der Waals surface area (Å²) in [4.78, 5) is 15.1. The lowest BCUT2D eigenvalue weighted by Crippen LogP contribution is -2.37. The van der Waals surface area contributed by atoms with Gasteiger partial charge in [0.05, 0.1) is 11.4 Å². The molecule has 0 unspecified atom stereocenters. The lowest BCUT2D eigenvalue weighted by molar-refractivity contribution is 0.102. The molecule has 1 heterocycles. The first-order chi connectivity index (χ1) is 12.0. The fourth-order valence-electron chi connectivity index (χ4n) is 3.61. The Morgan fingerprint density at radius 2 is 1.92 bits per heavy atom. The largest absolute Gasteiger partial charge is 0.397 e. The van der Waals surface area contributed by atoms with Crippen LogP contribution in [0, 0.1) is 13.8 Å². The lowest BCUT2D eigenvalue weighted by Gasteiger charge is -2.36. The molecule has 4 heteroatoms. The molecule has 1 amide bonds. The van der Waals surface area contributed by atoms with Crippen molar-refractivity contribution in [2.45, 2.75) is 46.1 Å². The number of benzene rings is 2. The first-order valence-corrected chi connectivity index (χ1v) is 9.01. The van der Waals surface area contributed by atoms with Crippen LogP contribution in [-0.2, 0) is 0 Å². The molecular formula is C21H27N3O. The van der Waals surface area contributed by atoms with Gasteiger partial charge in [0, 0.05) is 23.8 Å². The summed E-state index contributed by atoms with van der Waals surface area (Å²) in [6, 6.07) is 12.1. The van der Waals surface area contributed by atoms with Crippen LogP contribution >= 0.6 is 0 Å². The van der Waals surface area contributed by atoms with Crippen molar-refractivity contribution < 1.29 is 4.79 Å². The SMILES string of the molecule is Cc1ccccc1C(=O)Nc1cc(N2CCCC[C@H]2C)c(C)cc1N. The lowest BCUT2D eigenvalue weighted by atomic mass is 10.0. The first-order valence-electron chi connectivity index (χ1n) is 9.01. The molecular weight excluding hydrogens is 310 g/mol. The van der Waals surface area contributed by atoms with E-state index in [1.165, 1.54) is 24.9 Å². The highest BCUT2D eigenvalue weighted by molar-refractivity contribution is 6.07. The van der Waals surface area contributed by atoms with Crippen LogP contribution in [-0.4, -0.2) is 18.5 Å². The summed E-state index contributed by atoms with van der Waals surface area (Å²) in [5.74, 6) is -0.119. The van der Waals surface area contributed by atoms with E-state index in [2.05, 4.69) is 24.1 Å². The Kier molecular flexibility index (Phi) is 4.98. The summed E-state index contributed by atoms with van der Waals surface area (Å²) >= 11 is 0. The number of nitrogens with one attached hydrogen (secondary N) is 1. The Morgan fingerprint density at radius 3 is 2.64 bits per heavy atom. The number of carbonyl (C=O) groups is 1. The smallest absolute Gasteiger partial charge is 0.255 e. The Labute approximate surface area is 150 Å². The molecule has 4 nitrogen and oxygen atoms in total. The Morgan fingerprint density at radius 1 is 1.16 bits per heavy atom. The molecule has 0 radical (unpaired) electrons. The van der Waals surface area contributed by atoms with Gasteiger partial charge >= 0.3 is 0 Å². The second-order valence-electron chi connectivity index (χ2n) is 7.03. The van der Waals surface area contributed by atoms with Gasteiger partial charge in [0.2, 0.25) is 0 Å². The number of anilines is 3. The third-order valence-corrected chi connectivity index (χ3v) is 5.12. The molecule has 3 N–H and O–H groups in total. The molecule has 1 saturated heterocycles. The van der Waals surface area contributed by atoms with E-state index < -0.39 is 0 Å². The molecule has 0 spiro atoms. The summed E-state index contributed by atoms with van der Waals surface area (Å²) in [7, 11) is 0. The van der Waals surface area contributed by atoms with Gasteiger partial charge in [0.25, 0.3) is 5.91 Å². The van der Waals surface area contributed by atoms with Crippen LogP contribution in [0.2, 0.25) is 0 Å². The topological polar surface area (TPSA) is 58.4 Å². The average molecular weight is 337 g/mol. The fraction of sp³-hybridized carbons (Fsp3) is 0.381. The molecule has 1 aliphatic heterocycles. The van der Waals surface area contributed by atoms with Crippen LogP contribution in [0.25, 0.3) is 0 Å². The van der Waals surface area contributed by atoms with E-state index in [1.807, 2.05) is 43.3 Å². The van der Waals surface area contributed by atoms with E-state index in [0.29, 0.717) is 23.0 Å². The zero-order valence-electron chi connectivity index (χ0n) is 15.3. The standard InChI is InChI=1S/C21H27N3O/c1-14-8-4-5-10-17(14)21(25)23-19-13-20(15(2)12-18(19)22)24-11-7-6-9-16(24)3/h4-5,8,10,12-13,16H,6-7,9,11,22H2,1-3H3,(H,23,25)/t16-/m1/s1. The molecule has 0 aliphatic carbocycles. The minimum absolute atomic E-state index is 0.119. The molecule has 0 bridgehead atoms. The number of piperidine rings is 1. The van der Waals surface area contributed by atoms with Crippen molar-refractivity contribution >= 4 is 23.0 Å². The van der Waals surface area contributed by atoms with Gasteiger partial charge in [-0.05, 0) is 69.4 Å². The molecule has 1 atom stereocenters. The van der Waals surface area contributed by atoms with Crippen molar-refractivity contribution in [3.8, 4) is 0 Å². The van der Waals surface area contributed by atoms with Crippen molar-refractivity contribution in [1.29, 1.82) is 0 Å². The molecule has 3 rings (SSSR count). The number of amides is 1. The van der Waals surface area contributed by atoms with Gasteiger partial charge in [-0.1, -0.05) is 18.2 Å². The fourth-order valence-corrected chi connectivity index (χ4v) is 3.61. The predicted molar refractivity (Wildman–Crippen MR) is 105 cm³/mol. The highest BCUT2D eigenvalue weighted by atomic mass is 16.1. The molecule has 1 aliphatic rings. The summed E-state index contributed by atoms with van der Waals surface area (Å²) < 4.78 is 0. The van der Waals surface area contributed by atoms with E-state index in [9.17, 15) is 4.79 Å². The molecule has 0 aromatic heterocycles. The van der Waals surface area contributed by atoms with Crippen LogP contribution in [0.1, 0.15) is 47.7 Å². The third kappa shape index (κ3) is 3.63. The average Bonchev–Trinajstić information content (AvgIpc) is 2.58. The maximum atomic E-state index is 12.6. The maximum absolute atomic E-state index is 12.6. The van der Waals surface area contributed by atoms with E-state index in [-0.39, 0.29) is 5.91 Å². The zero-order valence-corrected chi connectivity index (χ0v) is 15.3. The van der Waals surface area contributed by atoms with Crippen molar-refractivity contribution in [1.82, 2.24) is 0 Å². The van der Waals surface area contributed by atoms with Crippen LogP contribution in [0.4, 0.5) is 17.1 Å². The van der Waals surface area contributed by atoms with Gasteiger partial charge in [0.15, 0.2) is 0 Å². The van der Waals surface area contributed by atoms with Crippen LogP contribution < -0.4 is 16.0 Å². The number of aryl methyl sites for hydroxylation is 2. The number of rotatable bonds is 3. The van der Waals surface area contributed by atoms with Gasteiger partial charge in [-0.15, -0.1) is 0 Å². The number of carbonyl (C=O) groups excluding carboxylic acids is 1. The molecule has 2 aromatic rings. The van der Waals surface area contributed by atoms with E-state index in [0.717, 1.165) is 17.7 Å². The number of hydrogen-bond donors (Lipinski definition) is 2. The number of nitrogen functional groups attached to an aromatic ring is 1. The normalized spacial score (nSPS) is 17.4. The number of nitrogens with two attached hydrogens (primary N) is 1. The maximum Gasteiger partial charge on any atom is 0.255 e. The number of nitrogens with zero attached hydrogens (tertiary/aromatic N) is 1.